The molecule has 0 unspecified atom stereocenters. The van der Waals surface area contributed by atoms with Gasteiger partial charge in [-0.15, -0.1) is 0 Å². The molecule has 4 heterocycles. The summed E-state index contributed by atoms with van der Waals surface area (Å²) < 4.78 is 13.3. The van der Waals surface area contributed by atoms with Gasteiger partial charge in [-0.05, 0) is 44.7 Å². The van der Waals surface area contributed by atoms with Crippen molar-refractivity contribution in [3.8, 4) is 0 Å². The third-order valence-corrected chi connectivity index (χ3v) is 10.4. The van der Waals surface area contributed by atoms with Gasteiger partial charge in [0.1, 0.15) is 29.8 Å². The second kappa shape index (κ2) is 13.0. The normalized spacial score (nSPS) is 33.0. The van der Waals surface area contributed by atoms with Gasteiger partial charge in [-0.2, -0.15) is 0 Å². The number of likely N-dealkylation sites (tertiary alicyclic amines) is 1. The molecule has 4 aliphatic heterocycles. The average molecular weight is 687 g/mol. The van der Waals surface area contributed by atoms with E-state index < -0.39 is 59.1 Å². The van der Waals surface area contributed by atoms with Crippen molar-refractivity contribution in [3.05, 3.63) is 58.6 Å². The molecule has 5 rings (SSSR count). The summed E-state index contributed by atoms with van der Waals surface area (Å²) in [6.45, 7) is 9.64. The fraction of sp³-hybridized carbons (Fsp3) is 0.588. The first-order chi connectivity index (χ1) is 21.4. The average Bonchev–Trinajstić information content (AvgIpc) is 3.59. The molecule has 0 aliphatic carbocycles. The van der Waals surface area contributed by atoms with Gasteiger partial charge in [0.2, 0.25) is 17.7 Å². The lowest BCUT2D eigenvalue weighted by atomic mass is 9.74. The Morgan fingerprint density at radius 2 is 1.82 bits per heavy atom. The number of benzene rings is 1. The minimum atomic E-state index is -1.44. The Balaban J connectivity index is 1.65. The van der Waals surface area contributed by atoms with Crippen LogP contribution in [-0.4, -0.2) is 87.6 Å². The minimum absolute atomic E-state index is 0.0585. The molecule has 0 saturated carbocycles. The number of rotatable bonds is 5. The summed E-state index contributed by atoms with van der Waals surface area (Å²) in [5, 5.41) is 13.5. The zero-order valence-electron chi connectivity index (χ0n) is 26.6. The van der Waals surface area contributed by atoms with Crippen LogP contribution < -0.4 is 5.32 Å². The van der Waals surface area contributed by atoms with E-state index in [0.717, 1.165) is 0 Å². The molecule has 10 nitrogen and oxygen atoms in total. The highest BCUT2D eigenvalue weighted by Crippen LogP contribution is 2.59. The Hall–Kier alpha value is -3.02. The van der Waals surface area contributed by atoms with E-state index in [2.05, 4.69) is 21.2 Å². The number of cyclic esters (lactones) is 1. The zero-order valence-corrected chi connectivity index (χ0v) is 28.2. The maximum atomic E-state index is 14.8. The number of nitrogens with zero attached hydrogens (tertiary/aromatic N) is 2. The van der Waals surface area contributed by atoms with E-state index >= 15 is 0 Å². The SMILES string of the molecule is CC[C@H](C)[C@H](CO)N1C(=O)[C@H]2[C@@H]3C(=O)O[C@H](c4ccccc4)CNC(=O)CC/C=C\CN(C(C)(C)C)C(=O)[C@H]1[C@@]21C=C(Br)[C@@H]3O1. The number of hydrogen-bond acceptors (Lipinski definition) is 7. The van der Waals surface area contributed by atoms with E-state index in [4.69, 9.17) is 9.47 Å². The first-order valence-electron chi connectivity index (χ1n) is 15.8. The highest BCUT2D eigenvalue weighted by molar-refractivity contribution is 9.11. The molecule has 2 fully saturated rings. The van der Waals surface area contributed by atoms with Crippen LogP contribution in [0.15, 0.2) is 53.0 Å². The summed E-state index contributed by atoms with van der Waals surface area (Å²) in [4.78, 5) is 59.6. The summed E-state index contributed by atoms with van der Waals surface area (Å²) in [6, 6.07) is 7.36. The number of carbonyl (C=O) groups is 4. The number of halogens is 1. The third kappa shape index (κ3) is 5.99. The molecule has 244 valence electrons. The van der Waals surface area contributed by atoms with E-state index in [0.29, 0.717) is 22.9 Å². The molecule has 0 aromatic heterocycles. The van der Waals surface area contributed by atoms with E-state index in [1.165, 1.54) is 4.90 Å². The Morgan fingerprint density at radius 3 is 2.47 bits per heavy atom. The lowest BCUT2D eigenvalue weighted by Crippen LogP contribution is -2.62. The van der Waals surface area contributed by atoms with Gasteiger partial charge in [-0.3, -0.25) is 19.2 Å². The lowest BCUT2D eigenvalue weighted by molar-refractivity contribution is -0.161. The van der Waals surface area contributed by atoms with Crippen LogP contribution in [0, 0.1) is 17.8 Å². The number of allylic oxidation sites excluding steroid dienone is 1. The molecule has 8 atom stereocenters. The summed E-state index contributed by atoms with van der Waals surface area (Å²) in [5.41, 5.74) is -1.39. The zero-order chi connectivity index (χ0) is 32.7. The van der Waals surface area contributed by atoms with E-state index in [-0.39, 0.29) is 43.8 Å². The van der Waals surface area contributed by atoms with Gasteiger partial charge in [-0.1, -0.05) is 78.7 Å². The van der Waals surface area contributed by atoms with Crippen molar-refractivity contribution in [2.24, 2.45) is 17.8 Å². The Bertz CT molecular complexity index is 1380. The Morgan fingerprint density at radius 1 is 1.11 bits per heavy atom. The van der Waals surface area contributed by atoms with Crippen molar-refractivity contribution in [1.29, 1.82) is 0 Å². The summed E-state index contributed by atoms with van der Waals surface area (Å²) in [7, 11) is 0. The molecule has 1 aromatic rings. The summed E-state index contributed by atoms with van der Waals surface area (Å²) in [5.74, 6) is -3.81. The molecule has 1 aromatic carbocycles. The predicted molar refractivity (Wildman–Crippen MR) is 171 cm³/mol. The van der Waals surface area contributed by atoms with Crippen LogP contribution in [0.25, 0.3) is 0 Å². The summed E-state index contributed by atoms with van der Waals surface area (Å²) in [6.07, 6.45) is 5.23. The maximum absolute atomic E-state index is 14.8. The highest BCUT2D eigenvalue weighted by atomic mass is 79.9. The second-order valence-electron chi connectivity index (χ2n) is 13.5. The summed E-state index contributed by atoms with van der Waals surface area (Å²) >= 11 is 3.59. The van der Waals surface area contributed by atoms with Crippen molar-refractivity contribution < 1.29 is 33.8 Å². The number of aliphatic hydroxyl groups is 1. The van der Waals surface area contributed by atoms with Crippen molar-refractivity contribution in [2.75, 3.05) is 19.7 Å². The van der Waals surface area contributed by atoms with Crippen LogP contribution in [0.1, 0.15) is 65.5 Å². The maximum Gasteiger partial charge on any atom is 0.313 e. The Labute approximate surface area is 273 Å². The fourth-order valence-electron chi connectivity index (χ4n) is 7.14. The van der Waals surface area contributed by atoms with Crippen LogP contribution >= 0.6 is 15.9 Å². The molecule has 2 saturated heterocycles. The minimum Gasteiger partial charge on any atom is -0.455 e. The highest BCUT2D eigenvalue weighted by Gasteiger charge is 2.76. The van der Waals surface area contributed by atoms with Crippen LogP contribution in [0.2, 0.25) is 0 Å². The number of fused-ring (bicyclic) bond motifs is 2. The van der Waals surface area contributed by atoms with Gasteiger partial charge in [0.05, 0.1) is 25.1 Å². The Kier molecular flexibility index (Phi) is 9.63. The van der Waals surface area contributed by atoms with Crippen LogP contribution in [0.3, 0.4) is 0 Å². The topological polar surface area (TPSA) is 125 Å². The molecule has 11 heteroatoms. The second-order valence-corrected chi connectivity index (χ2v) is 14.4. The molecule has 2 N–H and O–H groups in total. The standard InChI is InChI=1S/C34H44BrN3O7/c1-6-20(2)23(19-39)38-29-31(42)37(33(3,4)5)16-12-8-11-15-25(40)36-18-24(21-13-9-7-10-14-21)44-32(43)26-27(30(38)41)34(29)17-22(35)28(26)45-34/h7-10,12-14,17,20,23-24,26-29,39H,6,11,15-16,18-19H2,1-5H3,(H,36,40)/b12-8-/t20-,23-,24-,26-,27+,28-,29-,34+/m0/s1. The van der Waals surface area contributed by atoms with Crippen LogP contribution in [0.4, 0.5) is 0 Å². The molecule has 45 heavy (non-hydrogen) atoms. The number of nitrogens with one attached hydrogen (secondary N) is 1. The first-order valence-corrected chi connectivity index (χ1v) is 16.6. The van der Waals surface area contributed by atoms with E-state index in [1.807, 2.05) is 77.1 Å². The van der Waals surface area contributed by atoms with Crippen molar-refractivity contribution in [3.63, 3.8) is 0 Å². The molecule has 4 aliphatic rings. The number of hydrogen-bond donors (Lipinski definition) is 2. The van der Waals surface area contributed by atoms with Gasteiger partial charge in [-0.25, -0.2) is 0 Å². The van der Waals surface area contributed by atoms with Crippen LogP contribution in [0.5, 0.6) is 0 Å². The monoisotopic (exact) mass is 685 g/mol. The molecule has 0 radical (unpaired) electrons. The van der Waals surface area contributed by atoms with E-state index in [1.54, 1.807) is 11.0 Å². The number of amides is 3. The number of ether oxygens (including phenoxy) is 2. The lowest BCUT2D eigenvalue weighted by Gasteiger charge is -2.43. The molecular formula is C34H44BrN3O7. The van der Waals surface area contributed by atoms with Gasteiger partial charge < -0.3 is 29.7 Å². The van der Waals surface area contributed by atoms with Gasteiger partial charge >= 0.3 is 5.97 Å². The molecule has 1 spiro atoms. The van der Waals surface area contributed by atoms with Crippen molar-refractivity contribution in [2.45, 2.75) is 89.3 Å². The van der Waals surface area contributed by atoms with E-state index in [9.17, 15) is 24.3 Å². The van der Waals surface area contributed by atoms with Gasteiger partial charge in [0.25, 0.3) is 0 Å². The van der Waals surface area contributed by atoms with Crippen LogP contribution in [-0.2, 0) is 28.7 Å². The third-order valence-electron chi connectivity index (χ3n) is 9.70. The first kappa shape index (κ1) is 33.3. The van der Waals surface area contributed by atoms with Crippen molar-refractivity contribution in [1.82, 2.24) is 15.1 Å². The van der Waals surface area contributed by atoms with Crippen molar-refractivity contribution >= 4 is 39.6 Å². The smallest absolute Gasteiger partial charge is 0.313 e. The number of aliphatic hydroxyl groups excluding tert-OH is 1. The van der Waals surface area contributed by atoms with Gasteiger partial charge in [0, 0.05) is 23.0 Å². The quantitative estimate of drug-likeness (QED) is 0.358. The predicted octanol–water partition coefficient (Wildman–Crippen LogP) is 3.64. The number of carbonyl (C=O) groups excluding carboxylic acids is 4. The molecule has 5 bridgehead atoms. The number of esters is 1. The molecular weight excluding hydrogens is 642 g/mol. The molecule has 3 amide bonds. The van der Waals surface area contributed by atoms with Gasteiger partial charge in [0.15, 0.2) is 0 Å². The fourth-order valence-corrected chi connectivity index (χ4v) is 7.88. The largest absolute Gasteiger partial charge is 0.455 e.